The van der Waals surface area contributed by atoms with Crippen LogP contribution in [0.2, 0.25) is 0 Å². The molecule has 0 spiro atoms. The number of nitrogens with zero attached hydrogens (tertiary/aromatic N) is 1. The van der Waals surface area contributed by atoms with E-state index in [-0.39, 0.29) is 12.1 Å². The lowest BCUT2D eigenvalue weighted by Crippen LogP contribution is -2.29. The first-order valence-electron chi connectivity index (χ1n) is 22.5. The molecule has 0 radical (unpaired) electrons. The molecule has 0 N–H and O–H groups in total. The van der Waals surface area contributed by atoms with Crippen molar-refractivity contribution in [2.75, 3.05) is 46.6 Å². The van der Waals surface area contributed by atoms with Crippen LogP contribution in [0.1, 0.15) is 213 Å². The molecule has 5 heteroatoms. The average molecular weight is 720 g/mol. The summed E-state index contributed by atoms with van der Waals surface area (Å²) in [7, 11) is 2.09. The number of hydrogen-bond donors (Lipinski definition) is 0. The molecule has 0 rings (SSSR count). The fourth-order valence-electron chi connectivity index (χ4n) is 6.35. The first kappa shape index (κ1) is 49.8. The Morgan fingerprint density at radius 2 is 0.843 bits per heavy atom. The van der Waals surface area contributed by atoms with Crippen molar-refractivity contribution in [2.45, 2.75) is 219 Å². The van der Waals surface area contributed by atoms with Gasteiger partial charge in [0.15, 0.2) is 0 Å². The normalized spacial score (nSPS) is 12.0. The zero-order valence-corrected chi connectivity index (χ0v) is 34.9. The molecule has 0 saturated heterocycles. The first-order chi connectivity index (χ1) is 25.1. The van der Waals surface area contributed by atoms with Gasteiger partial charge in [-0.15, -0.1) is 0 Å². The molecule has 0 saturated carbocycles. The monoisotopic (exact) mass is 720 g/mol. The van der Waals surface area contributed by atoms with Crippen LogP contribution in [0.4, 0.5) is 0 Å². The van der Waals surface area contributed by atoms with Gasteiger partial charge in [0.25, 0.3) is 0 Å². The molecule has 0 atom stereocenters. The van der Waals surface area contributed by atoms with E-state index >= 15 is 0 Å². The number of hydrogen-bond acceptors (Lipinski definition) is 5. The van der Waals surface area contributed by atoms with Gasteiger partial charge >= 0.3 is 5.97 Å². The lowest BCUT2D eigenvalue weighted by Gasteiger charge is -2.19. The zero-order valence-electron chi connectivity index (χ0n) is 34.9. The third-order valence-electron chi connectivity index (χ3n) is 9.97. The number of esters is 1. The maximum atomic E-state index is 12.5. The highest BCUT2D eigenvalue weighted by molar-refractivity contribution is 5.69. The van der Waals surface area contributed by atoms with Crippen molar-refractivity contribution in [3.05, 3.63) is 24.3 Å². The van der Waals surface area contributed by atoms with E-state index in [1.165, 1.54) is 167 Å². The van der Waals surface area contributed by atoms with Crippen molar-refractivity contribution in [3.63, 3.8) is 0 Å². The fraction of sp³-hybridized carbons (Fsp3) is 0.891. The summed E-state index contributed by atoms with van der Waals surface area (Å²) in [6.07, 6.45) is 47.1. The Bertz CT molecular complexity index is 693. The molecule has 0 aliphatic carbocycles. The Hall–Kier alpha value is -1.17. The van der Waals surface area contributed by atoms with E-state index in [9.17, 15) is 4.79 Å². The molecule has 302 valence electrons. The standard InChI is InChI=1S/C46H89NO4/c1-5-8-10-12-14-16-18-20-22-24-26-28-30-32-34-36-41-49-43-45(51-46(48)39-38-40-47(4)7-3)44-50-42-37-35-33-31-29-27-25-23-21-19-17-15-13-11-9-6-2/h20-23,45H,5-19,24-44H2,1-4H3/b22-20-,23-21-. The minimum Gasteiger partial charge on any atom is -0.457 e. The third kappa shape index (κ3) is 41.4. The summed E-state index contributed by atoms with van der Waals surface area (Å²) in [5, 5.41) is 0. The molecule has 5 nitrogen and oxygen atoms in total. The molecule has 0 aromatic carbocycles. The van der Waals surface area contributed by atoms with Crippen LogP contribution in [-0.4, -0.2) is 63.5 Å². The van der Waals surface area contributed by atoms with Crippen LogP contribution in [0.25, 0.3) is 0 Å². The van der Waals surface area contributed by atoms with Crippen LogP contribution < -0.4 is 0 Å². The van der Waals surface area contributed by atoms with Crippen molar-refractivity contribution in [1.29, 1.82) is 0 Å². The maximum absolute atomic E-state index is 12.5. The van der Waals surface area contributed by atoms with Crippen molar-refractivity contribution in [3.8, 4) is 0 Å². The smallest absolute Gasteiger partial charge is 0.306 e. The van der Waals surface area contributed by atoms with Crippen molar-refractivity contribution in [1.82, 2.24) is 4.90 Å². The Kier molecular flexibility index (Phi) is 42.2. The molecule has 0 heterocycles. The van der Waals surface area contributed by atoms with Crippen LogP contribution in [-0.2, 0) is 19.0 Å². The number of unbranched alkanes of at least 4 members (excludes halogenated alkanes) is 24. The first-order valence-corrected chi connectivity index (χ1v) is 22.5. The fourth-order valence-corrected chi connectivity index (χ4v) is 6.35. The third-order valence-corrected chi connectivity index (χ3v) is 9.97. The molecule has 51 heavy (non-hydrogen) atoms. The Morgan fingerprint density at radius 3 is 1.22 bits per heavy atom. The molecular weight excluding hydrogens is 631 g/mol. The van der Waals surface area contributed by atoms with Crippen LogP contribution in [0.15, 0.2) is 24.3 Å². The van der Waals surface area contributed by atoms with Gasteiger partial charge in [-0.1, -0.05) is 161 Å². The van der Waals surface area contributed by atoms with Gasteiger partial charge < -0.3 is 19.1 Å². The van der Waals surface area contributed by atoms with E-state index in [1.54, 1.807) is 0 Å². The predicted molar refractivity (Wildman–Crippen MR) is 223 cm³/mol. The molecular formula is C46H89NO4. The van der Waals surface area contributed by atoms with Gasteiger partial charge in [-0.3, -0.25) is 4.79 Å². The van der Waals surface area contributed by atoms with E-state index in [4.69, 9.17) is 14.2 Å². The number of carbonyl (C=O) groups excluding carboxylic acids is 1. The Morgan fingerprint density at radius 1 is 0.490 bits per heavy atom. The predicted octanol–water partition coefficient (Wildman–Crippen LogP) is 13.7. The second kappa shape index (κ2) is 43.2. The van der Waals surface area contributed by atoms with Gasteiger partial charge in [0.1, 0.15) is 6.10 Å². The van der Waals surface area contributed by atoms with Gasteiger partial charge in [0.05, 0.1) is 13.2 Å². The maximum Gasteiger partial charge on any atom is 0.306 e. The highest BCUT2D eigenvalue weighted by Gasteiger charge is 2.15. The number of carbonyl (C=O) groups is 1. The SMILES string of the molecule is CCCCCCCC/C=C\CCCCCCCCOCC(COCCCCCCCC/C=C\CCCCCCCC)OC(=O)CCCN(C)CC. The molecule has 0 aromatic heterocycles. The summed E-state index contributed by atoms with van der Waals surface area (Å²) in [5.74, 6) is -0.133. The lowest BCUT2D eigenvalue weighted by molar-refractivity contribution is -0.156. The molecule has 0 bridgehead atoms. The van der Waals surface area contributed by atoms with E-state index in [0.717, 1.165) is 45.6 Å². The largest absolute Gasteiger partial charge is 0.457 e. The summed E-state index contributed by atoms with van der Waals surface area (Å²) in [6.45, 7) is 10.9. The number of ether oxygens (including phenoxy) is 3. The van der Waals surface area contributed by atoms with Crippen LogP contribution in [0, 0.1) is 0 Å². The van der Waals surface area contributed by atoms with Gasteiger partial charge in [0.2, 0.25) is 0 Å². The van der Waals surface area contributed by atoms with Crippen LogP contribution in [0.5, 0.6) is 0 Å². The average Bonchev–Trinajstić information content (AvgIpc) is 3.13. The van der Waals surface area contributed by atoms with E-state index in [1.807, 2.05) is 0 Å². The zero-order chi connectivity index (χ0) is 37.1. The molecule has 0 aliphatic rings. The van der Waals surface area contributed by atoms with Gasteiger partial charge in [0, 0.05) is 19.6 Å². The molecule has 0 aliphatic heterocycles. The van der Waals surface area contributed by atoms with E-state index in [2.05, 4.69) is 57.0 Å². The van der Waals surface area contributed by atoms with Gasteiger partial charge in [-0.2, -0.15) is 0 Å². The van der Waals surface area contributed by atoms with Crippen molar-refractivity contribution < 1.29 is 19.0 Å². The van der Waals surface area contributed by atoms with E-state index in [0.29, 0.717) is 19.6 Å². The highest BCUT2D eigenvalue weighted by Crippen LogP contribution is 2.12. The minimum absolute atomic E-state index is 0.133. The summed E-state index contributed by atoms with van der Waals surface area (Å²) < 4.78 is 17.8. The summed E-state index contributed by atoms with van der Waals surface area (Å²) in [6, 6.07) is 0. The van der Waals surface area contributed by atoms with Crippen molar-refractivity contribution >= 4 is 5.97 Å². The van der Waals surface area contributed by atoms with Crippen LogP contribution >= 0.6 is 0 Å². The summed E-state index contributed by atoms with van der Waals surface area (Å²) in [4.78, 5) is 14.8. The second-order valence-corrected chi connectivity index (χ2v) is 15.1. The lowest BCUT2D eigenvalue weighted by atomic mass is 10.1. The molecule has 0 fully saturated rings. The summed E-state index contributed by atoms with van der Waals surface area (Å²) >= 11 is 0. The molecule has 0 amide bonds. The quantitative estimate of drug-likeness (QED) is 0.0357. The second-order valence-electron chi connectivity index (χ2n) is 15.1. The minimum atomic E-state index is -0.315. The highest BCUT2D eigenvalue weighted by atomic mass is 16.6. The van der Waals surface area contributed by atoms with E-state index < -0.39 is 0 Å². The van der Waals surface area contributed by atoms with Gasteiger partial charge in [-0.25, -0.2) is 0 Å². The summed E-state index contributed by atoms with van der Waals surface area (Å²) in [5.41, 5.74) is 0. The number of rotatable bonds is 42. The van der Waals surface area contributed by atoms with Crippen molar-refractivity contribution in [2.24, 2.45) is 0 Å². The van der Waals surface area contributed by atoms with Crippen LogP contribution in [0.3, 0.4) is 0 Å². The Balaban J connectivity index is 3.95. The topological polar surface area (TPSA) is 48.0 Å². The molecule has 0 unspecified atom stereocenters. The Labute approximate surface area is 319 Å². The van der Waals surface area contributed by atoms with Gasteiger partial charge in [-0.05, 0) is 90.8 Å². The molecule has 0 aromatic rings. The number of allylic oxidation sites excluding steroid dienone is 4.